The van der Waals surface area contributed by atoms with E-state index in [1.165, 1.54) is 16.2 Å². The Hall–Kier alpha value is -4.45. The number of carboxylic acid groups (broad SMARTS) is 1. The van der Waals surface area contributed by atoms with Crippen LogP contribution in [-0.2, 0) is 23.9 Å². The van der Waals surface area contributed by atoms with E-state index in [-0.39, 0.29) is 48.5 Å². The van der Waals surface area contributed by atoms with Crippen LogP contribution >= 0.6 is 22.9 Å². The summed E-state index contributed by atoms with van der Waals surface area (Å²) in [6, 6.07) is 3.27. The van der Waals surface area contributed by atoms with Gasteiger partial charge in [-0.25, -0.2) is 19.6 Å². The van der Waals surface area contributed by atoms with Crippen LogP contribution in [0, 0.1) is 23.2 Å². The van der Waals surface area contributed by atoms with Crippen LogP contribution in [0.2, 0.25) is 5.02 Å². The summed E-state index contributed by atoms with van der Waals surface area (Å²) in [4.78, 5) is 66.3. The van der Waals surface area contributed by atoms with E-state index < -0.39 is 53.0 Å². The normalized spacial score (nSPS) is 27.5. The van der Waals surface area contributed by atoms with Gasteiger partial charge in [0.2, 0.25) is 11.8 Å². The van der Waals surface area contributed by atoms with Crippen molar-refractivity contribution < 1.29 is 43.2 Å². The lowest BCUT2D eigenvalue weighted by molar-refractivity contribution is -0.146. The lowest BCUT2D eigenvalue weighted by Crippen LogP contribution is -2.59. The van der Waals surface area contributed by atoms with Gasteiger partial charge in [0, 0.05) is 35.8 Å². The van der Waals surface area contributed by atoms with Crippen molar-refractivity contribution in [2.45, 2.75) is 129 Å². The molecule has 1 aromatic carbocycles. The van der Waals surface area contributed by atoms with Crippen molar-refractivity contribution in [2.75, 3.05) is 38.2 Å². The lowest BCUT2D eigenvalue weighted by Gasteiger charge is -2.35. The molecule has 3 amide bonds. The third-order valence-electron chi connectivity index (χ3n) is 12.8. The molecular weight excluding hydrogens is 850 g/mol. The van der Waals surface area contributed by atoms with Gasteiger partial charge in [-0.15, -0.1) is 11.3 Å². The van der Waals surface area contributed by atoms with Crippen LogP contribution < -0.4 is 30.7 Å². The Morgan fingerprint density at radius 1 is 1.08 bits per heavy atom. The number of hydrogen-bond acceptors (Lipinski definition) is 13. The molecule has 4 fully saturated rings. The average Bonchev–Trinajstić information content (AvgIpc) is 3.46. The van der Waals surface area contributed by atoms with Crippen molar-refractivity contribution >= 4 is 62.8 Å². The molecule has 9 atom stereocenters. The largest absolute Gasteiger partial charge is 0.490 e. The van der Waals surface area contributed by atoms with Gasteiger partial charge in [-0.2, -0.15) is 0 Å². The third kappa shape index (κ3) is 10.4. The smallest absolute Gasteiger partial charge is 0.408 e. The molecule has 2 saturated carbocycles. The number of alkyl carbamates (subject to hydrolysis) is 1. The first-order valence-electron chi connectivity index (χ1n) is 22.2. The van der Waals surface area contributed by atoms with Gasteiger partial charge in [-0.1, -0.05) is 59.6 Å². The van der Waals surface area contributed by atoms with Crippen molar-refractivity contribution in [2.24, 2.45) is 23.2 Å². The number of carboxylic acids is 1. The molecule has 4 heterocycles. The number of amides is 3. The number of nitrogens with one attached hydrogen (secondary N) is 4. The second-order valence-corrected chi connectivity index (χ2v) is 20.3. The maximum atomic E-state index is 14.8. The SMILES string of the molecule is CC[C@@H]1C[C@]1(NC(=O)[C@@H]1C[C@@H](Oc2cc(-c3csc(NC(C)C)n3)nc3c(Cl)c(OC[C@H]4COCCN4)ccc23)CN1C(=O)[C@@H](NC(=O)O[C@@H]1CC(C)[C@H](C)C1)C(C)(C)C)C(=O)O. The highest BCUT2D eigenvalue weighted by Gasteiger charge is 2.61. The van der Waals surface area contributed by atoms with Crippen molar-refractivity contribution in [3.8, 4) is 22.9 Å². The van der Waals surface area contributed by atoms with Gasteiger partial charge in [0.1, 0.15) is 58.7 Å². The monoisotopic (exact) mass is 911 g/mol. The van der Waals surface area contributed by atoms with Crippen molar-refractivity contribution in [1.29, 1.82) is 0 Å². The standard InChI is InChI=1S/C45H62ClN7O9S/c1-9-26-18-45(26,41(56)57)52-39(54)33-16-29(19-53(33)40(55)38(44(6,7)8)51-43(58)62-28-14-24(4)25(5)15-28)61-35-17-31(32-22-63-42(50-32)48-23(2)3)49-37-30(35)10-11-34(36(37)46)60-21-27-20-59-13-12-47-27/h10-11,17,22-29,33,38,47H,9,12-16,18-21H2,1-8H3,(H,48,50)(H,51,58)(H,52,54)(H,56,57)/t24-,25?,26-,27-,28+,29-,33+,38-,45-/m1/s1. The minimum absolute atomic E-state index is 0.0134. The molecule has 2 saturated heterocycles. The molecule has 344 valence electrons. The lowest BCUT2D eigenvalue weighted by atomic mass is 9.85. The van der Waals surface area contributed by atoms with E-state index in [9.17, 15) is 24.3 Å². The number of pyridine rings is 1. The molecule has 3 aromatic rings. The number of nitrogens with zero attached hydrogens (tertiary/aromatic N) is 3. The van der Waals surface area contributed by atoms with Crippen LogP contribution in [0.3, 0.4) is 0 Å². The number of anilines is 1. The number of benzene rings is 1. The zero-order valence-electron chi connectivity index (χ0n) is 37.4. The first-order valence-corrected chi connectivity index (χ1v) is 23.4. The van der Waals surface area contributed by atoms with E-state index in [2.05, 4.69) is 35.1 Å². The Morgan fingerprint density at radius 2 is 1.83 bits per heavy atom. The van der Waals surface area contributed by atoms with Crippen molar-refractivity contribution in [1.82, 2.24) is 30.8 Å². The summed E-state index contributed by atoms with van der Waals surface area (Å²) in [6.07, 6.45) is 0.628. The van der Waals surface area contributed by atoms with Crippen LogP contribution in [0.5, 0.6) is 11.5 Å². The fourth-order valence-corrected chi connectivity index (χ4v) is 10.0. The van der Waals surface area contributed by atoms with Gasteiger partial charge in [0.15, 0.2) is 5.13 Å². The number of ether oxygens (including phenoxy) is 4. The summed E-state index contributed by atoms with van der Waals surface area (Å²) in [5.74, 6) is -0.864. The van der Waals surface area contributed by atoms with E-state index in [1.807, 2.05) is 53.0 Å². The second kappa shape index (κ2) is 18.9. The topological polar surface area (TPSA) is 203 Å². The number of rotatable bonds is 15. The number of morpholine rings is 1. The number of aliphatic carboxylic acids is 1. The molecule has 16 nitrogen and oxygen atoms in total. The predicted octanol–water partition coefficient (Wildman–Crippen LogP) is 6.49. The molecule has 4 aliphatic rings. The molecular formula is C45H62ClN7O9S. The molecule has 1 unspecified atom stereocenters. The molecule has 18 heteroatoms. The summed E-state index contributed by atoms with van der Waals surface area (Å²) in [7, 11) is 0. The zero-order chi connectivity index (χ0) is 45.4. The Morgan fingerprint density at radius 3 is 2.46 bits per heavy atom. The van der Waals surface area contributed by atoms with Crippen molar-refractivity contribution in [3.63, 3.8) is 0 Å². The average molecular weight is 913 g/mol. The fourth-order valence-electron chi connectivity index (χ4n) is 8.92. The number of thiazole rings is 1. The zero-order valence-corrected chi connectivity index (χ0v) is 39.0. The Kier molecular flexibility index (Phi) is 14.0. The predicted molar refractivity (Wildman–Crippen MR) is 240 cm³/mol. The summed E-state index contributed by atoms with van der Waals surface area (Å²) in [5, 5.41) is 26.0. The number of fused-ring (bicyclic) bond motifs is 1. The summed E-state index contributed by atoms with van der Waals surface area (Å²) < 4.78 is 24.4. The van der Waals surface area contributed by atoms with Gasteiger partial charge in [-0.3, -0.25) is 9.59 Å². The number of hydrogen-bond donors (Lipinski definition) is 5. The number of carbonyl (C=O) groups excluding carboxylic acids is 3. The summed E-state index contributed by atoms with van der Waals surface area (Å²) in [5.41, 5.74) is -0.754. The molecule has 7 rings (SSSR count). The molecule has 0 radical (unpaired) electrons. The van der Waals surface area contributed by atoms with E-state index in [4.69, 9.17) is 40.5 Å². The Labute approximate surface area is 377 Å². The Bertz CT molecular complexity index is 2170. The Balaban J connectivity index is 1.21. The minimum atomic E-state index is -1.43. The van der Waals surface area contributed by atoms with Crippen LogP contribution in [-0.4, -0.2) is 119 Å². The van der Waals surface area contributed by atoms with Crippen LogP contribution in [0.4, 0.5) is 9.93 Å². The first kappa shape index (κ1) is 46.5. The summed E-state index contributed by atoms with van der Waals surface area (Å²) in [6.45, 7) is 17.8. The summed E-state index contributed by atoms with van der Waals surface area (Å²) >= 11 is 8.53. The quantitative estimate of drug-likeness (QED) is 0.111. The van der Waals surface area contributed by atoms with Gasteiger partial charge >= 0.3 is 12.1 Å². The van der Waals surface area contributed by atoms with E-state index >= 15 is 0 Å². The molecule has 5 N–H and O–H groups in total. The van der Waals surface area contributed by atoms with Crippen LogP contribution in [0.25, 0.3) is 22.3 Å². The number of carbonyl (C=O) groups is 4. The molecule has 0 spiro atoms. The third-order valence-corrected chi connectivity index (χ3v) is 14.0. The van der Waals surface area contributed by atoms with Gasteiger partial charge in [-0.05, 0) is 68.4 Å². The minimum Gasteiger partial charge on any atom is -0.490 e. The van der Waals surface area contributed by atoms with Crippen LogP contribution in [0.15, 0.2) is 23.6 Å². The molecule has 2 aromatic heterocycles. The van der Waals surface area contributed by atoms with Crippen molar-refractivity contribution in [3.05, 3.63) is 28.6 Å². The maximum Gasteiger partial charge on any atom is 0.408 e. The number of likely N-dealkylation sites (tertiary alicyclic amines) is 1. The van der Waals surface area contributed by atoms with Gasteiger partial charge in [0.05, 0.1) is 37.0 Å². The van der Waals surface area contributed by atoms with E-state index in [0.29, 0.717) is 77.0 Å². The van der Waals surface area contributed by atoms with Crippen LogP contribution in [0.1, 0.15) is 87.5 Å². The van der Waals surface area contributed by atoms with Gasteiger partial charge < -0.3 is 50.2 Å². The molecule has 2 aliphatic carbocycles. The van der Waals surface area contributed by atoms with E-state index in [0.717, 1.165) is 19.4 Å². The highest BCUT2D eigenvalue weighted by molar-refractivity contribution is 7.14. The fraction of sp³-hybridized carbons (Fsp3) is 0.644. The second-order valence-electron chi connectivity index (χ2n) is 19.1. The highest BCUT2D eigenvalue weighted by atomic mass is 35.5. The number of aromatic nitrogens is 2. The number of halogens is 1. The molecule has 0 bridgehead atoms. The maximum absolute atomic E-state index is 14.8. The highest BCUT2D eigenvalue weighted by Crippen LogP contribution is 2.47. The van der Waals surface area contributed by atoms with Gasteiger partial charge in [0.25, 0.3) is 0 Å². The molecule has 2 aliphatic heterocycles. The van der Waals surface area contributed by atoms with E-state index in [1.54, 1.807) is 12.1 Å². The first-order chi connectivity index (χ1) is 29.9. The molecule has 63 heavy (non-hydrogen) atoms.